The molecule has 1 saturated heterocycles. The van der Waals surface area contributed by atoms with E-state index in [0.29, 0.717) is 49.7 Å². The van der Waals surface area contributed by atoms with Crippen LogP contribution in [0.2, 0.25) is 5.02 Å². The summed E-state index contributed by atoms with van der Waals surface area (Å²) in [5, 5.41) is 9.52. The van der Waals surface area contributed by atoms with Crippen molar-refractivity contribution in [1.29, 1.82) is 0 Å². The van der Waals surface area contributed by atoms with Gasteiger partial charge in [0.2, 0.25) is 11.8 Å². The SMILES string of the molecule is CN(CC(=O)N1CCC(C(=O)O)CC1)C(=O)CCCOc1ccccc1Cl. The highest BCUT2D eigenvalue weighted by Gasteiger charge is 2.27. The Labute approximate surface area is 163 Å². The van der Waals surface area contributed by atoms with Crippen molar-refractivity contribution in [2.75, 3.05) is 33.3 Å². The molecule has 27 heavy (non-hydrogen) atoms. The number of carboxylic acids is 1. The molecule has 1 aromatic carbocycles. The Morgan fingerprint density at radius 3 is 2.56 bits per heavy atom. The molecule has 0 radical (unpaired) electrons. The summed E-state index contributed by atoms with van der Waals surface area (Å²) in [5.41, 5.74) is 0. The molecule has 2 rings (SSSR count). The molecule has 0 unspecified atom stereocenters. The average molecular weight is 397 g/mol. The molecule has 1 heterocycles. The first-order valence-electron chi connectivity index (χ1n) is 9.00. The number of para-hydroxylation sites is 1. The van der Waals surface area contributed by atoms with E-state index in [1.165, 1.54) is 4.90 Å². The standard InChI is InChI=1S/C19H25ClN2O5/c1-21(13-18(24)22-10-8-14(9-11-22)19(25)26)17(23)7-4-12-27-16-6-3-2-5-15(16)20/h2-3,5-6,14H,4,7-13H2,1H3,(H,25,26). The minimum atomic E-state index is -0.812. The van der Waals surface area contributed by atoms with Crippen LogP contribution in [0.15, 0.2) is 24.3 Å². The van der Waals surface area contributed by atoms with Gasteiger partial charge in [0.1, 0.15) is 5.75 Å². The molecule has 1 aliphatic rings. The minimum absolute atomic E-state index is 0.00193. The molecule has 148 valence electrons. The van der Waals surface area contributed by atoms with Crippen LogP contribution < -0.4 is 4.74 Å². The number of benzene rings is 1. The van der Waals surface area contributed by atoms with Gasteiger partial charge < -0.3 is 19.6 Å². The number of halogens is 1. The minimum Gasteiger partial charge on any atom is -0.492 e. The van der Waals surface area contributed by atoms with Gasteiger partial charge in [-0.1, -0.05) is 23.7 Å². The highest BCUT2D eigenvalue weighted by atomic mass is 35.5. The van der Waals surface area contributed by atoms with E-state index < -0.39 is 5.97 Å². The smallest absolute Gasteiger partial charge is 0.306 e. The zero-order valence-electron chi connectivity index (χ0n) is 15.4. The van der Waals surface area contributed by atoms with Crippen molar-refractivity contribution >= 4 is 29.4 Å². The molecule has 1 aromatic rings. The summed E-state index contributed by atoms with van der Waals surface area (Å²) in [7, 11) is 1.60. The molecule has 1 fully saturated rings. The fourth-order valence-corrected chi connectivity index (χ4v) is 3.12. The second-order valence-corrected chi connectivity index (χ2v) is 7.03. The molecular formula is C19H25ClN2O5. The quantitative estimate of drug-likeness (QED) is 0.681. The first-order chi connectivity index (χ1) is 12.9. The van der Waals surface area contributed by atoms with Crippen molar-refractivity contribution in [1.82, 2.24) is 9.80 Å². The molecule has 0 aromatic heterocycles. The molecule has 0 atom stereocenters. The Morgan fingerprint density at radius 2 is 1.93 bits per heavy atom. The van der Waals surface area contributed by atoms with Gasteiger partial charge in [0.15, 0.2) is 0 Å². The summed E-state index contributed by atoms with van der Waals surface area (Å²) in [4.78, 5) is 38.5. The Bertz CT molecular complexity index is 674. The summed E-state index contributed by atoms with van der Waals surface area (Å²) >= 11 is 6.00. The van der Waals surface area contributed by atoms with E-state index in [2.05, 4.69) is 0 Å². The lowest BCUT2D eigenvalue weighted by atomic mass is 9.97. The number of carbonyl (C=O) groups excluding carboxylic acids is 2. The number of piperidine rings is 1. The van der Waals surface area contributed by atoms with Crippen LogP contribution in [0.5, 0.6) is 5.75 Å². The lowest BCUT2D eigenvalue weighted by molar-refractivity contribution is -0.146. The van der Waals surface area contributed by atoms with E-state index in [9.17, 15) is 14.4 Å². The van der Waals surface area contributed by atoms with Crippen LogP contribution in [-0.4, -0.2) is 66.0 Å². The van der Waals surface area contributed by atoms with Gasteiger partial charge in [-0.25, -0.2) is 0 Å². The number of hydrogen-bond acceptors (Lipinski definition) is 4. The fourth-order valence-electron chi connectivity index (χ4n) is 2.93. The highest BCUT2D eigenvalue weighted by Crippen LogP contribution is 2.23. The number of carbonyl (C=O) groups is 3. The van der Waals surface area contributed by atoms with E-state index >= 15 is 0 Å². The summed E-state index contributed by atoms with van der Waals surface area (Å²) < 4.78 is 5.55. The van der Waals surface area contributed by atoms with Crippen molar-refractivity contribution in [3.05, 3.63) is 29.3 Å². The number of nitrogens with zero attached hydrogens (tertiary/aromatic N) is 2. The van der Waals surface area contributed by atoms with E-state index in [-0.39, 0.29) is 30.7 Å². The van der Waals surface area contributed by atoms with Crippen molar-refractivity contribution in [2.45, 2.75) is 25.7 Å². The lowest BCUT2D eigenvalue weighted by Crippen LogP contribution is -2.45. The van der Waals surface area contributed by atoms with Gasteiger partial charge in [0.05, 0.1) is 24.1 Å². The van der Waals surface area contributed by atoms with Gasteiger partial charge in [-0.2, -0.15) is 0 Å². The Balaban J connectivity index is 1.67. The van der Waals surface area contributed by atoms with E-state index in [4.69, 9.17) is 21.4 Å². The van der Waals surface area contributed by atoms with Crippen molar-refractivity contribution in [2.24, 2.45) is 5.92 Å². The maximum Gasteiger partial charge on any atom is 0.306 e. The predicted octanol–water partition coefficient (Wildman–Crippen LogP) is 2.28. The van der Waals surface area contributed by atoms with Crippen molar-refractivity contribution in [3.63, 3.8) is 0 Å². The third-order valence-corrected chi connectivity index (χ3v) is 4.94. The maximum absolute atomic E-state index is 12.3. The summed E-state index contributed by atoms with van der Waals surface area (Å²) in [6.07, 6.45) is 1.71. The van der Waals surface area contributed by atoms with Gasteiger partial charge in [-0.15, -0.1) is 0 Å². The molecule has 1 aliphatic heterocycles. The zero-order valence-corrected chi connectivity index (χ0v) is 16.2. The molecule has 8 heteroatoms. The van der Waals surface area contributed by atoms with Gasteiger partial charge in [-0.3, -0.25) is 14.4 Å². The molecule has 0 aliphatic carbocycles. The number of rotatable bonds is 8. The summed E-state index contributed by atoms with van der Waals surface area (Å²) in [6.45, 7) is 1.20. The number of hydrogen-bond donors (Lipinski definition) is 1. The van der Waals surface area contributed by atoms with E-state index in [1.807, 2.05) is 12.1 Å². The van der Waals surface area contributed by atoms with E-state index in [0.717, 1.165) is 0 Å². The Kier molecular flexibility index (Phi) is 7.91. The number of ether oxygens (including phenoxy) is 1. The van der Waals surface area contributed by atoms with Gasteiger partial charge in [-0.05, 0) is 31.4 Å². The third kappa shape index (κ3) is 6.43. The van der Waals surface area contributed by atoms with Gasteiger partial charge >= 0.3 is 5.97 Å². The molecule has 2 amide bonds. The normalized spacial score (nSPS) is 14.7. The monoisotopic (exact) mass is 396 g/mol. The fraction of sp³-hybridized carbons (Fsp3) is 0.526. The third-order valence-electron chi connectivity index (χ3n) is 4.62. The van der Waals surface area contributed by atoms with Crippen molar-refractivity contribution < 1.29 is 24.2 Å². The molecule has 0 spiro atoms. The van der Waals surface area contributed by atoms with E-state index in [1.54, 1.807) is 24.1 Å². The largest absolute Gasteiger partial charge is 0.492 e. The van der Waals surface area contributed by atoms with Crippen LogP contribution in [-0.2, 0) is 14.4 Å². The molecular weight excluding hydrogens is 372 g/mol. The Hall–Kier alpha value is -2.28. The van der Waals surface area contributed by atoms with Crippen LogP contribution in [0.3, 0.4) is 0 Å². The van der Waals surface area contributed by atoms with Crippen LogP contribution in [0.1, 0.15) is 25.7 Å². The van der Waals surface area contributed by atoms with Crippen LogP contribution in [0.4, 0.5) is 0 Å². The molecule has 0 saturated carbocycles. The maximum atomic E-state index is 12.3. The highest BCUT2D eigenvalue weighted by molar-refractivity contribution is 6.32. The van der Waals surface area contributed by atoms with Crippen LogP contribution in [0, 0.1) is 5.92 Å². The first kappa shape index (κ1) is 21.0. The molecule has 0 bridgehead atoms. The van der Waals surface area contributed by atoms with Crippen LogP contribution in [0.25, 0.3) is 0 Å². The zero-order chi connectivity index (χ0) is 19.8. The Morgan fingerprint density at radius 1 is 1.26 bits per heavy atom. The topological polar surface area (TPSA) is 87.2 Å². The average Bonchev–Trinajstić information content (AvgIpc) is 2.66. The van der Waals surface area contributed by atoms with Gasteiger partial charge in [0, 0.05) is 26.6 Å². The lowest BCUT2D eigenvalue weighted by Gasteiger charge is -2.31. The van der Waals surface area contributed by atoms with Crippen molar-refractivity contribution in [3.8, 4) is 5.75 Å². The first-order valence-corrected chi connectivity index (χ1v) is 9.38. The summed E-state index contributed by atoms with van der Waals surface area (Å²) in [6, 6.07) is 7.14. The molecule has 7 nitrogen and oxygen atoms in total. The number of likely N-dealkylation sites (N-methyl/N-ethyl adjacent to an activating group) is 1. The number of carboxylic acid groups (broad SMARTS) is 1. The molecule has 1 N–H and O–H groups in total. The van der Waals surface area contributed by atoms with Crippen LogP contribution >= 0.6 is 11.6 Å². The van der Waals surface area contributed by atoms with Gasteiger partial charge in [0.25, 0.3) is 0 Å². The summed E-state index contributed by atoms with van der Waals surface area (Å²) in [5.74, 6) is -0.895. The second-order valence-electron chi connectivity index (χ2n) is 6.63. The number of aliphatic carboxylic acids is 1. The second kappa shape index (κ2) is 10.2. The predicted molar refractivity (Wildman–Crippen MR) is 101 cm³/mol. The number of amides is 2. The number of likely N-dealkylation sites (tertiary alicyclic amines) is 1.